The first-order chi connectivity index (χ1) is 12.1. The summed E-state index contributed by atoms with van der Waals surface area (Å²) < 4.78 is 95.9. The number of hydrogen-bond acceptors (Lipinski definition) is 5. The highest BCUT2D eigenvalue weighted by Gasteiger charge is 2.63. The SMILES string of the molecule is O=C1c2c(OC3CC(F)(F)C3)cnc(C(F)(F)F)c2C2(OCCO2)C1F. The van der Waals surface area contributed by atoms with Gasteiger partial charge >= 0.3 is 6.18 Å². The summed E-state index contributed by atoms with van der Waals surface area (Å²) in [5.41, 5.74) is -3.16. The van der Waals surface area contributed by atoms with E-state index < -0.39 is 71.4 Å². The van der Waals surface area contributed by atoms with E-state index in [1.807, 2.05) is 0 Å². The predicted molar refractivity (Wildman–Crippen MR) is 70.6 cm³/mol. The van der Waals surface area contributed by atoms with Crippen molar-refractivity contribution in [1.29, 1.82) is 0 Å². The van der Waals surface area contributed by atoms with Crippen LogP contribution in [0.15, 0.2) is 6.20 Å². The molecule has 0 amide bonds. The van der Waals surface area contributed by atoms with Crippen LogP contribution in [0.4, 0.5) is 26.3 Å². The standard InChI is InChI=1S/C15H11F6NO4/c16-11-10(23)8-7(26-6-3-13(17,18)4-6)5-22-12(15(19,20)21)9(8)14(11)24-1-2-25-14/h5-6,11H,1-4H2. The van der Waals surface area contributed by atoms with Crippen molar-refractivity contribution in [2.45, 2.75) is 43.0 Å². The van der Waals surface area contributed by atoms with Gasteiger partial charge in [-0.2, -0.15) is 13.2 Å². The Kier molecular flexibility index (Phi) is 3.59. The lowest BCUT2D eigenvalue weighted by atomic mass is 9.91. The Bertz CT molecular complexity index is 766. The van der Waals surface area contributed by atoms with Gasteiger partial charge in [0.25, 0.3) is 5.92 Å². The van der Waals surface area contributed by atoms with Crippen molar-refractivity contribution in [2.24, 2.45) is 0 Å². The molecule has 2 heterocycles. The van der Waals surface area contributed by atoms with Gasteiger partial charge in [-0.25, -0.2) is 18.2 Å². The van der Waals surface area contributed by atoms with E-state index in [4.69, 9.17) is 14.2 Å². The molecule has 11 heteroatoms. The number of Topliss-reactive ketones (excluding diaryl/α,β-unsaturated/α-hetero) is 1. The summed E-state index contributed by atoms with van der Waals surface area (Å²) in [6, 6.07) is 0. The minimum atomic E-state index is -5.02. The Hall–Kier alpha value is -1.88. The van der Waals surface area contributed by atoms with Gasteiger partial charge in [0.2, 0.25) is 17.7 Å². The Balaban J connectivity index is 1.83. The number of fused-ring (bicyclic) bond motifs is 2. The highest BCUT2D eigenvalue weighted by atomic mass is 19.4. The maximum absolute atomic E-state index is 14.6. The zero-order valence-electron chi connectivity index (χ0n) is 12.9. The first-order valence-corrected chi connectivity index (χ1v) is 7.66. The number of alkyl halides is 6. The summed E-state index contributed by atoms with van der Waals surface area (Å²) in [5.74, 6) is -7.31. The van der Waals surface area contributed by atoms with Crippen molar-refractivity contribution in [1.82, 2.24) is 4.98 Å². The molecule has 5 nitrogen and oxygen atoms in total. The monoisotopic (exact) mass is 383 g/mol. The first kappa shape index (κ1) is 17.5. The second kappa shape index (κ2) is 5.32. The van der Waals surface area contributed by atoms with Crippen LogP contribution >= 0.6 is 0 Å². The predicted octanol–water partition coefficient (Wildman–Crippen LogP) is 3.01. The van der Waals surface area contributed by atoms with Crippen molar-refractivity contribution in [3.8, 4) is 5.75 Å². The Labute approximate surface area is 142 Å². The highest BCUT2D eigenvalue weighted by molar-refractivity contribution is 6.07. The third kappa shape index (κ3) is 2.40. The molecule has 2 aliphatic carbocycles. The maximum atomic E-state index is 14.6. The zero-order chi connectivity index (χ0) is 18.9. The van der Waals surface area contributed by atoms with E-state index in [9.17, 15) is 31.1 Å². The quantitative estimate of drug-likeness (QED) is 0.735. The number of halogens is 6. The molecule has 1 atom stereocenters. The number of nitrogens with zero attached hydrogens (tertiary/aromatic N) is 1. The van der Waals surface area contributed by atoms with Crippen molar-refractivity contribution < 1.29 is 45.3 Å². The molecule has 1 aromatic rings. The van der Waals surface area contributed by atoms with Crippen molar-refractivity contribution in [3.63, 3.8) is 0 Å². The minimum Gasteiger partial charge on any atom is -0.488 e. The molecule has 0 N–H and O–H groups in total. The summed E-state index contributed by atoms with van der Waals surface area (Å²) in [6.45, 7) is -0.436. The number of ketones is 1. The molecule has 1 aliphatic heterocycles. The van der Waals surface area contributed by atoms with Crippen molar-refractivity contribution >= 4 is 5.78 Å². The van der Waals surface area contributed by atoms with E-state index >= 15 is 0 Å². The summed E-state index contributed by atoms with van der Waals surface area (Å²) in [5, 5.41) is 0. The summed E-state index contributed by atoms with van der Waals surface area (Å²) >= 11 is 0. The van der Waals surface area contributed by atoms with Crippen LogP contribution in [0.25, 0.3) is 0 Å². The molecular formula is C15H11F6NO4. The summed E-state index contributed by atoms with van der Waals surface area (Å²) in [6.07, 6.45) is -9.30. The summed E-state index contributed by atoms with van der Waals surface area (Å²) in [4.78, 5) is 15.6. The largest absolute Gasteiger partial charge is 0.488 e. The number of rotatable bonds is 2. The van der Waals surface area contributed by atoms with Crippen LogP contribution in [-0.4, -0.2) is 42.2 Å². The third-order valence-corrected chi connectivity index (χ3v) is 4.53. The molecule has 0 aromatic carbocycles. The molecule has 1 spiro atoms. The van der Waals surface area contributed by atoms with Gasteiger partial charge in [-0.1, -0.05) is 0 Å². The van der Waals surface area contributed by atoms with Crippen LogP contribution in [0.2, 0.25) is 0 Å². The van der Waals surface area contributed by atoms with E-state index in [-0.39, 0.29) is 13.2 Å². The number of carbonyl (C=O) groups is 1. The van der Waals surface area contributed by atoms with Crippen molar-refractivity contribution in [3.05, 3.63) is 23.0 Å². The lowest BCUT2D eigenvalue weighted by Crippen LogP contribution is -2.43. The Morgan fingerprint density at radius 3 is 2.35 bits per heavy atom. The molecule has 0 radical (unpaired) electrons. The fourth-order valence-corrected chi connectivity index (χ4v) is 3.40. The van der Waals surface area contributed by atoms with Crippen LogP contribution in [0.3, 0.4) is 0 Å². The van der Waals surface area contributed by atoms with Crippen LogP contribution in [0.5, 0.6) is 5.75 Å². The van der Waals surface area contributed by atoms with Crippen molar-refractivity contribution in [2.75, 3.05) is 13.2 Å². The van der Waals surface area contributed by atoms with Gasteiger partial charge in [-0.05, 0) is 0 Å². The molecule has 1 aromatic heterocycles. The number of carbonyl (C=O) groups excluding carboxylic acids is 1. The van der Waals surface area contributed by atoms with Crippen LogP contribution in [-0.2, 0) is 21.4 Å². The molecule has 1 unspecified atom stereocenters. The average molecular weight is 383 g/mol. The van der Waals surface area contributed by atoms with Gasteiger partial charge in [0, 0.05) is 12.8 Å². The molecule has 1 saturated carbocycles. The lowest BCUT2D eigenvalue weighted by molar-refractivity contribution is -0.199. The molecular weight excluding hydrogens is 372 g/mol. The fourth-order valence-electron chi connectivity index (χ4n) is 3.40. The van der Waals surface area contributed by atoms with E-state index in [1.165, 1.54) is 0 Å². The highest BCUT2D eigenvalue weighted by Crippen LogP contribution is 2.52. The number of hydrogen-bond donors (Lipinski definition) is 0. The zero-order valence-corrected chi connectivity index (χ0v) is 12.9. The topological polar surface area (TPSA) is 57.7 Å². The number of pyridine rings is 1. The lowest BCUT2D eigenvalue weighted by Gasteiger charge is -2.35. The second-order valence-electron chi connectivity index (χ2n) is 6.31. The van der Waals surface area contributed by atoms with Gasteiger partial charge < -0.3 is 14.2 Å². The minimum absolute atomic E-state index is 0.218. The molecule has 142 valence electrons. The second-order valence-corrected chi connectivity index (χ2v) is 6.31. The molecule has 26 heavy (non-hydrogen) atoms. The van der Waals surface area contributed by atoms with Gasteiger partial charge in [-0.3, -0.25) is 4.79 Å². The van der Waals surface area contributed by atoms with Gasteiger partial charge in [0.1, 0.15) is 11.9 Å². The summed E-state index contributed by atoms with van der Waals surface area (Å²) in [7, 11) is 0. The fraction of sp³-hybridized carbons (Fsp3) is 0.600. The molecule has 2 fully saturated rings. The maximum Gasteiger partial charge on any atom is 0.433 e. The van der Waals surface area contributed by atoms with E-state index in [0.29, 0.717) is 6.20 Å². The van der Waals surface area contributed by atoms with E-state index in [0.717, 1.165) is 0 Å². The van der Waals surface area contributed by atoms with Crippen LogP contribution in [0.1, 0.15) is 34.5 Å². The molecule has 3 aliphatic rings. The molecule has 4 rings (SSSR count). The van der Waals surface area contributed by atoms with Gasteiger partial charge in [-0.15, -0.1) is 0 Å². The Morgan fingerprint density at radius 1 is 1.19 bits per heavy atom. The average Bonchev–Trinajstić information content (AvgIpc) is 3.07. The molecule has 0 bridgehead atoms. The number of aromatic nitrogens is 1. The molecule has 1 saturated heterocycles. The van der Waals surface area contributed by atoms with Gasteiger partial charge in [0.15, 0.2) is 5.69 Å². The van der Waals surface area contributed by atoms with Gasteiger partial charge in [0.05, 0.1) is 30.5 Å². The first-order valence-electron chi connectivity index (χ1n) is 7.66. The van der Waals surface area contributed by atoms with Crippen LogP contribution in [0, 0.1) is 0 Å². The smallest absolute Gasteiger partial charge is 0.433 e. The van der Waals surface area contributed by atoms with E-state index in [1.54, 1.807) is 0 Å². The number of ether oxygens (including phenoxy) is 3. The van der Waals surface area contributed by atoms with Crippen LogP contribution < -0.4 is 4.74 Å². The Morgan fingerprint density at radius 2 is 1.81 bits per heavy atom. The normalized spacial score (nSPS) is 26.8. The van der Waals surface area contributed by atoms with E-state index in [2.05, 4.69) is 4.98 Å². The third-order valence-electron chi connectivity index (χ3n) is 4.53.